The summed E-state index contributed by atoms with van der Waals surface area (Å²) in [5.74, 6) is 0.253. The van der Waals surface area contributed by atoms with Crippen molar-refractivity contribution in [3.05, 3.63) is 11.9 Å². The molecule has 2 nitrogen and oxygen atoms in total. The van der Waals surface area contributed by atoms with Crippen molar-refractivity contribution in [2.45, 2.75) is 13.3 Å². The third kappa shape index (κ3) is 2.78. The molecule has 0 aromatic rings. The molecule has 3 heteroatoms. The van der Waals surface area contributed by atoms with Gasteiger partial charge in [-0.3, -0.25) is 0 Å². The Labute approximate surface area is 79.4 Å². The van der Waals surface area contributed by atoms with Crippen molar-refractivity contribution in [1.82, 2.24) is 4.90 Å². The molecule has 1 unspecified atom stereocenters. The van der Waals surface area contributed by atoms with Gasteiger partial charge in [0.2, 0.25) is 0 Å². The Hall–Kier alpha value is -0.410. The molecule has 0 aliphatic carbocycles. The average molecular weight is 187 g/mol. The minimum atomic E-state index is 0.253. The molecule has 0 N–H and O–H groups in total. The van der Waals surface area contributed by atoms with Crippen LogP contribution in [0, 0.1) is 5.92 Å². The number of hydrogen-bond acceptors (Lipinski definition) is 2. The standard InChI is InChI=1S/C10H18FNO/c1-3-12-5-4-9(6-11)10(7-12)8-13-2/h6,10H,3-5,7-8H2,1-2H3/b9-6+. The van der Waals surface area contributed by atoms with Crippen LogP contribution in [0.25, 0.3) is 0 Å². The van der Waals surface area contributed by atoms with Gasteiger partial charge in [0.1, 0.15) is 0 Å². The highest BCUT2D eigenvalue weighted by molar-refractivity contribution is 5.08. The van der Waals surface area contributed by atoms with E-state index in [4.69, 9.17) is 4.74 Å². The molecule has 1 fully saturated rings. The van der Waals surface area contributed by atoms with Crippen molar-refractivity contribution in [3.63, 3.8) is 0 Å². The topological polar surface area (TPSA) is 12.5 Å². The molecule has 1 heterocycles. The molecule has 1 atom stereocenters. The number of halogens is 1. The van der Waals surface area contributed by atoms with E-state index in [1.807, 2.05) is 0 Å². The van der Waals surface area contributed by atoms with Gasteiger partial charge in [-0.05, 0) is 18.5 Å². The Morgan fingerprint density at radius 1 is 1.69 bits per heavy atom. The first-order chi connectivity index (χ1) is 6.31. The Kier molecular flexibility index (Phi) is 4.39. The summed E-state index contributed by atoms with van der Waals surface area (Å²) in [6.45, 7) is 5.71. The van der Waals surface area contributed by atoms with Crippen LogP contribution in [0.1, 0.15) is 13.3 Å². The Balaban J connectivity index is 2.52. The van der Waals surface area contributed by atoms with Gasteiger partial charge in [0.15, 0.2) is 0 Å². The van der Waals surface area contributed by atoms with Crippen molar-refractivity contribution in [2.75, 3.05) is 33.4 Å². The number of ether oxygens (including phenoxy) is 1. The number of likely N-dealkylation sites (tertiary alicyclic amines) is 1. The van der Waals surface area contributed by atoms with Crippen LogP contribution in [0.4, 0.5) is 4.39 Å². The number of methoxy groups -OCH3 is 1. The zero-order chi connectivity index (χ0) is 9.68. The normalized spacial score (nSPS) is 28.2. The van der Waals surface area contributed by atoms with E-state index in [1.54, 1.807) is 7.11 Å². The van der Waals surface area contributed by atoms with Crippen molar-refractivity contribution >= 4 is 0 Å². The fourth-order valence-corrected chi connectivity index (χ4v) is 1.80. The minimum absolute atomic E-state index is 0.253. The summed E-state index contributed by atoms with van der Waals surface area (Å²) in [6.07, 6.45) is 1.61. The fourth-order valence-electron chi connectivity index (χ4n) is 1.80. The van der Waals surface area contributed by atoms with E-state index in [9.17, 15) is 4.39 Å². The highest BCUT2D eigenvalue weighted by Crippen LogP contribution is 2.22. The Morgan fingerprint density at radius 2 is 2.46 bits per heavy atom. The molecule has 0 bridgehead atoms. The lowest BCUT2D eigenvalue weighted by molar-refractivity contribution is 0.121. The van der Waals surface area contributed by atoms with E-state index in [2.05, 4.69) is 11.8 Å². The first-order valence-corrected chi connectivity index (χ1v) is 4.82. The van der Waals surface area contributed by atoms with Crippen molar-refractivity contribution in [2.24, 2.45) is 5.92 Å². The van der Waals surface area contributed by atoms with Crippen LogP contribution in [-0.4, -0.2) is 38.3 Å². The number of piperidine rings is 1. The van der Waals surface area contributed by atoms with Crippen LogP contribution in [0.2, 0.25) is 0 Å². The number of hydrogen-bond donors (Lipinski definition) is 0. The molecule has 0 amide bonds. The first-order valence-electron chi connectivity index (χ1n) is 4.82. The second-order valence-corrected chi connectivity index (χ2v) is 3.48. The Morgan fingerprint density at radius 3 is 3.00 bits per heavy atom. The SMILES string of the molecule is CCN1CC/C(=C\F)C(COC)C1. The summed E-state index contributed by atoms with van der Waals surface area (Å²) < 4.78 is 17.5. The van der Waals surface area contributed by atoms with Gasteiger partial charge in [-0.2, -0.15) is 0 Å². The molecule has 13 heavy (non-hydrogen) atoms. The summed E-state index contributed by atoms with van der Waals surface area (Å²) in [6, 6.07) is 0. The van der Waals surface area contributed by atoms with Gasteiger partial charge in [-0.15, -0.1) is 0 Å². The zero-order valence-corrected chi connectivity index (χ0v) is 8.42. The van der Waals surface area contributed by atoms with Gasteiger partial charge in [-0.25, -0.2) is 4.39 Å². The van der Waals surface area contributed by atoms with Gasteiger partial charge in [0, 0.05) is 26.1 Å². The average Bonchev–Trinajstić information content (AvgIpc) is 2.18. The molecule has 0 aromatic heterocycles. The quantitative estimate of drug-likeness (QED) is 0.668. The lowest BCUT2D eigenvalue weighted by atomic mass is 9.93. The molecule has 1 saturated heterocycles. The van der Waals surface area contributed by atoms with Crippen LogP contribution in [0.3, 0.4) is 0 Å². The maximum Gasteiger partial charge on any atom is 0.0863 e. The largest absolute Gasteiger partial charge is 0.384 e. The summed E-state index contributed by atoms with van der Waals surface area (Å²) in [5, 5.41) is 0. The monoisotopic (exact) mass is 187 g/mol. The summed E-state index contributed by atoms with van der Waals surface area (Å²) in [5.41, 5.74) is 0.909. The summed E-state index contributed by atoms with van der Waals surface area (Å²) >= 11 is 0. The van der Waals surface area contributed by atoms with Gasteiger partial charge in [0.25, 0.3) is 0 Å². The van der Waals surface area contributed by atoms with Crippen molar-refractivity contribution in [1.29, 1.82) is 0 Å². The molecular weight excluding hydrogens is 169 g/mol. The van der Waals surface area contributed by atoms with E-state index in [-0.39, 0.29) is 5.92 Å². The lowest BCUT2D eigenvalue weighted by Crippen LogP contribution is -2.38. The molecule has 1 aliphatic rings. The predicted molar refractivity (Wildman–Crippen MR) is 51.3 cm³/mol. The number of nitrogens with zero attached hydrogens (tertiary/aromatic N) is 1. The van der Waals surface area contributed by atoms with Crippen molar-refractivity contribution in [3.8, 4) is 0 Å². The van der Waals surface area contributed by atoms with Crippen LogP contribution in [0.15, 0.2) is 11.9 Å². The molecule has 1 rings (SSSR count). The molecule has 0 radical (unpaired) electrons. The second kappa shape index (κ2) is 5.35. The third-order valence-electron chi connectivity index (χ3n) is 2.67. The van der Waals surface area contributed by atoms with Crippen LogP contribution in [0.5, 0.6) is 0 Å². The third-order valence-corrected chi connectivity index (χ3v) is 2.67. The highest BCUT2D eigenvalue weighted by Gasteiger charge is 2.23. The number of rotatable bonds is 3. The molecule has 0 saturated carbocycles. The lowest BCUT2D eigenvalue weighted by Gasteiger charge is -2.33. The van der Waals surface area contributed by atoms with Gasteiger partial charge >= 0.3 is 0 Å². The van der Waals surface area contributed by atoms with E-state index in [0.717, 1.165) is 38.0 Å². The maximum absolute atomic E-state index is 12.4. The van der Waals surface area contributed by atoms with E-state index >= 15 is 0 Å². The molecule has 0 spiro atoms. The molecule has 1 aliphatic heterocycles. The van der Waals surface area contributed by atoms with Crippen LogP contribution in [-0.2, 0) is 4.74 Å². The molecule has 76 valence electrons. The summed E-state index contributed by atoms with van der Waals surface area (Å²) in [7, 11) is 1.67. The highest BCUT2D eigenvalue weighted by atomic mass is 19.1. The molecular formula is C10H18FNO. The smallest absolute Gasteiger partial charge is 0.0863 e. The van der Waals surface area contributed by atoms with Crippen LogP contribution < -0.4 is 0 Å². The van der Waals surface area contributed by atoms with Gasteiger partial charge in [-0.1, -0.05) is 6.92 Å². The zero-order valence-electron chi connectivity index (χ0n) is 8.42. The van der Waals surface area contributed by atoms with Crippen LogP contribution >= 0.6 is 0 Å². The first kappa shape index (κ1) is 10.7. The Bertz CT molecular complexity index is 182. The van der Waals surface area contributed by atoms with Gasteiger partial charge in [0.05, 0.1) is 12.9 Å². The minimum Gasteiger partial charge on any atom is -0.384 e. The van der Waals surface area contributed by atoms with E-state index in [1.165, 1.54) is 0 Å². The maximum atomic E-state index is 12.4. The van der Waals surface area contributed by atoms with Crippen molar-refractivity contribution < 1.29 is 9.13 Å². The predicted octanol–water partition coefficient (Wildman–Crippen LogP) is 1.83. The molecule has 0 aromatic carbocycles. The van der Waals surface area contributed by atoms with E-state index in [0.29, 0.717) is 6.61 Å². The second-order valence-electron chi connectivity index (χ2n) is 3.48. The fraction of sp³-hybridized carbons (Fsp3) is 0.800. The summed E-state index contributed by atoms with van der Waals surface area (Å²) in [4.78, 5) is 2.33. The van der Waals surface area contributed by atoms with Gasteiger partial charge < -0.3 is 9.64 Å². The van der Waals surface area contributed by atoms with E-state index < -0.39 is 0 Å².